The minimum Gasteiger partial charge on any atom is -0.349 e. The fourth-order valence-corrected chi connectivity index (χ4v) is 3.29. The van der Waals surface area contributed by atoms with Gasteiger partial charge in [-0.2, -0.15) is 0 Å². The third kappa shape index (κ3) is 2.77. The Hall–Kier alpha value is -0.830. The molecule has 0 saturated heterocycles. The predicted octanol–water partition coefficient (Wildman–Crippen LogP) is 4.21. The lowest BCUT2D eigenvalue weighted by Gasteiger charge is -2.25. The van der Waals surface area contributed by atoms with Gasteiger partial charge in [0.2, 0.25) is 5.91 Å². The summed E-state index contributed by atoms with van der Waals surface area (Å²) in [6.07, 6.45) is 4.38. The maximum Gasteiger partial charge on any atom is 0.226 e. The molecule has 0 bridgehead atoms. The highest BCUT2D eigenvalue weighted by Crippen LogP contribution is 2.38. The first-order valence-electron chi connectivity index (χ1n) is 6.58. The molecule has 0 spiro atoms. The van der Waals surface area contributed by atoms with E-state index in [1.807, 2.05) is 31.2 Å². The van der Waals surface area contributed by atoms with Crippen molar-refractivity contribution in [3.8, 4) is 0 Å². The van der Waals surface area contributed by atoms with Crippen molar-refractivity contribution in [1.29, 1.82) is 0 Å². The van der Waals surface area contributed by atoms with Crippen molar-refractivity contribution in [2.75, 3.05) is 0 Å². The van der Waals surface area contributed by atoms with E-state index in [0.29, 0.717) is 0 Å². The van der Waals surface area contributed by atoms with Gasteiger partial charge in [0, 0.05) is 9.89 Å². The van der Waals surface area contributed by atoms with Crippen LogP contribution in [0.4, 0.5) is 0 Å². The van der Waals surface area contributed by atoms with E-state index in [-0.39, 0.29) is 17.4 Å². The molecule has 18 heavy (non-hydrogen) atoms. The van der Waals surface area contributed by atoms with Crippen molar-refractivity contribution in [3.05, 3.63) is 34.3 Å². The molecule has 1 unspecified atom stereocenters. The molecular formula is C15H20BrNO. The molecule has 1 saturated carbocycles. The standard InChI is InChI=1S/C15H20BrNO/c1-11(12-7-3-4-8-13(12)16)17-14(18)15(2)9-5-6-10-15/h3-4,7-8,11H,5-6,9-10H2,1-2H3,(H,17,18). The Labute approximate surface area is 117 Å². The summed E-state index contributed by atoms with van der Waals surface area (Å²) in [5, 5.41) is 3.15. The molecular weight excluding hydrogens is 290 g/mol. The fraction of sp³-hybridized carbons (Fsp3) is 0.533. The largest absolute Gasteiger partial charge is 0.349 e. The Kier molecular flexibility index (Phi) is 4.10. The van der Waals surface area contributed by atoms with E-state index in [1.165, 1.54) is 12.8 Å². The van der Waals surface area contributed by atoms with Crippen molar-refractivity contribution in [2.24, 2.45) is 5.41 Å². The predicted molar refractivity (Wildman–Crippen MR) is 77.3 cm³/mol. The lowest BCUT2D eigenvalue weighted by Crippen LogP contribution is -2.38. The van der Waals surface area contributed by atoms with Crippen LogP contribution >= 0.6 is 15.9 Å². The van der Waals surface area contributed by atoms with Crippen molar-refractivity contribution in [3.63, 3.8) is 0 Å². The van der Waals surface area contributed by atoms with Crippen molar-refractivity contribution in [1.82, 2.24) is 5.32 Å². The summed E-state index contributed by atoms with van der Waals surface area (Å²) in [5.74, 6) is 0.197. The normalized spacial score (nSPS) is 19.5. The second-order valence-electron chi connectivity index (χ2n) is 5.48. The second-order valence-corrected chi connectivity index (χ2v) is 6.34. The summed E-state index contributed by atoms with van der Waals surface area (Å²) in [6.45, 7) is 4.12. The van der Waals surface area contributed by atoms with Crippen LogP contribution in [0.1, 0.15) is 51.1 Å². The zero-order chi connectivity index (χ0) is 13.2. The van der Waals surface area contributed by atoms with Crippen LogP contribution in [0, 0.1) is 5.41 Å². The average Bonchev–Trinajstić information content (AvgIpc) is 2.78. The van der Waals surface area contributed by atoms with Gasteiger partial charge < -0.3 is 5.32 Å². The van der Waals surface area contributed by atoms with Gasteiger partial charge in [-0.3, -0.25) is 4.79 Å². The Morgan fingerprint density at radius 3 is 2.56 bits per heavy atom. The third-order valence-corrected chi connectivity index (χ3v) is 4.70. The number of benzene rings is 1. The molecule has 2 rings (SSSR count). The second kappa shape index (κ2) is 5.43. The van der Waals surface area contributed by atoms with E-state index in [4.69, 9.17) is 0 Å². The van der Waals surface area contributed by atoms with Crippen molar-refractivity contribution in [2.45, 2.75) is 45.6 Å². The van der Waals surface area contributed by atoms with Crippen LogP contribution < -0.4 is 5.32 Å². The number of hydrogen-bond donors (Lipinski definition) is 1. The van der Waals surface area contributed by atoms with Crippen molar-refractivity contribution >= 4 is 21.8 Å². The molecule has 0 aromatic heterocycles. The molecule has 0 heterocycles. The van der Waals surface area contributed by atoms with Crippen LogP contribution in [0.25, 0.3) is 0 Å². The van der Waals surface area contributed by atoms with Gasteiger partial charge in [0.1, 0.15) is 0 Å². The van der Waals surface area contributed by atoms with Gasteiger partial charge in [-0.05, 0) is 31.4 Å². The molecule has 1 aliphatic carbocycles. The summed E-state index contributed by atoms with van der Waals surface area (Å²) < 4.78 is 1.05. The van der Waals surface area contributed by atoms with Crippen LogP contribution in [0.15, 0.2) is 28.7 Å². The molecule has 1 aliphatic rings. The summed E-state index contributed by atoms with van der Waals surface area (Å²) >= 11 is 3.53. The number of halogens is 1. The number of carbonyl (C=O) groups is 1. The van der Waals surface area contributed by atoms with Gasteiger partial charge in [0.25, 0.3) is 0 Å². The molecule has 0 aliphatic heterocycles. The number of carbonyl (C=O) groups excluding carboxylic acids is 1. The monoisotopic (exact) mass is 309 g/mol. The number of hydrogen-bond acceptors (Lipinski definition) is 1. The third-order valence-electron chi connectivity index (χ3n) is 3.97. The first kappa shape index (κ1) is 13.6. The lowest BCUT2D eigenvalue weighted by molar-refractivity contribution is -0.130. The maximum absolute atomic E-state index is 12.3. The van der Waals surface area contributed by atoms with E-state index in [0.717, 1.165) is 22.9 Å². The number of amides is 1. The minimum absolute atomic E-state index is 0.0468. The quantitative estimate of drug-likeness (QED) is 0.890. The van der Waals surface area contributed by atoms with E-state index in [1.54, 1.807) is 0 Å². The highest BCUT2D eigenvalue weighted by Gasteiger charge is 2.36. The first-order chi connectivity index (χ1) is 8.53. The molecule has 3 heteroatoms. The average molecular weight is 310 g/mol. The van der Waals surface area contributed by atoms with Crippen molar-refractivity contribution < 1.29 is 4.79 Å². The summed E-state index contributed by atoms with van der Waals surface area (Å²) in [6, 6.07) is 8.09. The summed E-state index contributed by atoms with van der Waals surface area (Å²) in [4.78, 5) is 12.3. The molecule has 1 aromatic carbocycles. The van der Waals surface area contributed by atoms with Crippen LogP contribution in [0.5, 0.6) is 0 Å². The smallest absolute Gasteiger partial charge is 0.226 e. The zero-order valence-corrected chi connectivity index (χ0v) is 12.6. The molecule has 2 nitrogen and oxygen atoms in total. The highest BCUT2D eigenvalue weighted by atomic mass is 79.9. The van der Waals surface area contributed by atoms with Crippen LogP contribution in [0.2, 0.25) is 0 Å². The van der Waals surface area contributed by atoms with Crippen LogP contribution in [-0.4, -0.2) is 5.91 Å². The van der Waals surface area contributed by atoms with Gasteiger partial charge in [0.15, 0.2) is 0 Å². The zero-order valence-electron chi connectivity index (χ0n) is 11.0. The van der Waals surface area contributed by atoms with E-state index in [2.05, 4.69) is 28.2 Å². The van der Waals surface area contributed by atoms with E-state index < -0.39 is 0 Å². The molecule has 1 atom stereocenters. The SMILES string of the molecule is CC(NC(=O)C1(C)CCCC1)c1ccccc1Br. The Bertz CT molecular complexity index is 438. The van der Waals surface area contributed by atoms with Gasteiger partial charge in [-0.1, -0.05) is 53.9 Å². The molecule has 1 fully saturated rings. The maximum atomic E-state index is 12.3. The minimum atomic E-state index is -0.157. The Balaban J connectivity index is 2.06. The number of nitrogens with one attached hydrogen (secondary N) is 1. The van der Waals surface area contributed by atoms with Gasteiger partial charge >= 0.3 is 0 Å². The van der Waals surface area contributed by atoms with Crippen LogP contribution in [-0.2, 0) is 4.79 Å². The lowest BCUT2D eigenvalue weighted by atomic mass is 9.87. The van der Waals surface area contributed by atoms with Gasteiger partial charge in [0.05, 0.1) is 6.04 Å². The highest BCUT2D eigenvalue weighted by molar-refractivity contribution is 9.10. The molecule has 1 N–H and O–H groups in total. The summed E-state index contributed by atoms with van der Waals surface area (Å²) in [7, 11) is 0. The Morgan fingerprint density at radius 1 is 1.33 bits per heavy atom. The van der Waals surface area contributed by atoms with Gasteiger partial charge in [-0.25, -0.2) is 0 Å². The van der Waals surface area contributed by atoms with E-state index in [9.17, 15) is 4.79 Å². The topological polar surface area (TPSA) is 29.1 Å². The van der Waals surface area contributed by atoms with Crippen LogP contribution in [0.3, 0.4) is 0 Å². The van der Waals surface area contributed by atoms with Gasteiger partial charge in [-0.15, -0.1) is 0 Å². The summed E-state index contributed by atoms with van der Waals surface area (Å²) in [5.41, 5.74) is 0.975. The molecule has 98 valence electrons. The fourth-order valence-electron chi connectivity index (χ4n) is 2.66. The molecule has 1 aromatic rings. The molecule has 1 amide bonds. The van der Waals surface area contributed by atoms with E-state index >= 15 is 0 Å². The number of rotatable bonds is 3. The first-order valence-corrected chi connectivity index (χ1v) is 7.38. The Morgan fingerprint density at radius 2 is 1.94 bits per heavy atom. The molecule has 0 radical (unpaired) electrons.